The monoisotopic (exact) mass is 373 g/mol. The molecular weight excluding hydrogens is 354 g/mol. The van der Waals surface area contributed by atoms with Crippen LogP contribution in [-0.2, 0) is 4.74 Å². The van der Waals surface area contributed by atoms with Crippen molar-refractivity contribution in [2.24, 2.45) is 0 Å². The Morgan fingerprint density at radius 1 is 1.09 bits per heavy atom. The van der Waals surface area contributed by atoms with Crippen molar-refractivity contribution >= 4 is 21.7 Å². The van der Waals surface area contributed by atoms with Gasteiger partial charge in [-0.15, -0.1) is 0 Å². The number of carbonyl (C=O) groups is 1. The van der Waals surface area contributed by atoms with E-state index in [2.05, 4.69) is 15.9 Å². The van der Waals surface area contributed by atoms with Crippen molar-refractivity contribution in [3.8, 4) is 0 Å². The molecule has 2 aromatic carbocycles. The van der Waals surface area contributed by atoms with Crippen LogP contribution in [0.25, 0.3) is 0 Å². The third-order valence-electron chi connectivity index (χ3n) is 4.49. The topological polar surface area (TPSA) is 29.5 Å². The van der Waals surface area contributed by atoms with Crippen LogP contribution in [0.2, 0.25) is 0 Å². The zero-order chi connectivity index (χ0) is 16.6. The largest absolute Gasteiger partial charge is 0.351 e. The highest BCUT2D eigenvalue weighted by Gasteiger charge is 2.49. The van der Waals surface area contributed by atoms with Gasteiger partial charge in [-0.3, -0.25) is 9.69 Å². The molecule has 0 N–H and O–H groups in total. The summed E-state index contributed by atoms with van der Waals surface area (Å²) in [6, 6.07) is 17.1. The van der Waals surface area contributed by atoms with Crippen LogP contribution in [0.5, 0.6) is 0 Å². The maximum Gasteiger partial charge on any atom is 0.183 e. The number of nitrogens with zero attached hydrogens (tertiary/aromatic N) is 1. The number of ketones is 1. The van der Waals surface area contributed by atoms with Crippen LogP contribution < -0.4 is 0 Å². The van der Waals surface area contributed by atoms with Crippen LogP contribution in [0, 0.1) is 0 Å². The van der Waals surface area contributed by atoms with Crippen molar-refractivity contribution in [2.75, 3.05) is 7.05 Å². The molecule has 2 atom stereocenters. The first-order chi connectivity index (χ1) is 10.9. The van der Waals surface area contributed by atoms with Crippen LogP contribution in [0.4, 0.5) is 0 Å². The van der Waals surface area contributed by atoms with Crippen molar-refractivity contribution < 1.29 is 9.53 Å². The minimum Gasteiger partial charge on any atom is -0.351 e. The molecule has 0 aliphatic carbocycles. The van der Waals surface area contributed by atoms with Crippen molar-refractivity contribution in [3.63, 3.8) is 0 Å². The maximum absolute atomic E-state index is 13.1. The number of Topliss-reactive ketones (excluding diaryl/α,β-unsaturated/α-hetero) is 1. The molecule has 0 spiro atoms. The molecule has 1 saturated heterocycles. The summed E-state index contributed by atoms with van der Waals surface area (Å²) in [5.41, 5.74) is 1.24. The van der Waals surface area contributed by atoms with Crippen LogP contribution in [-0.4, -0.2) is 29.5 Å². The second-order valence-electron chi connectivity index (χ2n) is 6.32. The van der Waals surface area contributed by atoms with Crippen LogP contribution in [0.15, 0.2) is 59.1 Å². The minimum atomic E-state index is -0.493. The van der Waals surface area contributed by atoms with Gasteiger partial charge in [0.05, 0.1) is 0 Å². The Morgan fingerprint density at radius 3 is 2.30 bits per heavy atom. The Hall–Kier alpha value is -1.49. The van der Waals surface area contributed by atoms with Gasteiger partial charge in [0.2, 0.25) is 0 Å². The number of ether oxygens (including phenoxy) is 1. The molecule has 0 radical (unpaired) electrons. The number of hydrogen-bond acceptors (Lipinski definition) is 3. The summed E-state index contributed by atoms with van der Waals surface area (Å²) >= 11 is 3.45. The summed E-state index contributed by atoms with van der Waals surface area (Å²) in [7, 11) is 1.95. The normalized spacial score (nSPS) is 23.8. The molecule has 1 aliphatic rings. The van der Waals surface area contributed by atoms with Gasteiger partial charge in [0.15, 0.2) is 5.78 Å². The van der Waals surface area contributed by atoms with Crippen molar-refractivity contribution in [1.82, 2.24) is 4.90 Å². The highest BCUT2D eigenvalue weighted by Crippen LogP contribution is 2.41. The average Bonchev–Trinajstić information content (AvgIpc) is 2.78. The molecule has 0 aromatic heterocycles. The van der Waals surface area contributed by atoms with E-state index in [9.17, 15) is 4.79 Å². The van der Waals surface area contributed by atoms with Crippen LogP contribution >= 0.6 is 15.9 Å². The third-order valence-corrected chi connectivity index (χ3v) is 5.02. The van der Waals surface area contributed by atoms with E-state index in [-0.39, 0.29) is 17.9 Å². The lowest BCUT2D eigenvalue weighted by Gasteiger charge is -2.28. The van der Waals surface area contributed by atoms with Gasteiger partial charge in [-0.25, -0.2) is 0 Å². The number of rotatable bonds is 3. The molecule has 23 heavy (non-hydrogen) atoms. The average molecular weight is 374 g/mol. The van der Waals surface area contributed by atoms with Crippen molar-refractivity contribution in [1.29, 1.82) is 0 Å². The minimum absolute atomic E-state index is 0.0894. The Balaban J connectivity index is 2.00. The fourth-order valence-corrected chi connectivity index (χ4v) is 3.25. The number of hydrogen-bond donors (Lipinski definition) is 0. The maximum atomic E-state index is 13.1. The molecule has 3 nitrogen and oxygen atoms in total. The molecule has 0 saturated carbocycles. The molecule has 1 heterocycles. The molecule has 3 rings (SSSR count). The summed E-state index contributed by atoms with van der Waals surface area (Å²) in [5.74, 6) is 0.0894. The standard InChI is InChI=1S/C19H20BrNO2/c1-19(2)21(3)16(17(22)13-7-5-4-6-8-13)18(23-19)14-9-11-15(20)12-10-14/h4-12,16,18H,1-3H3/t16-,18+/m0/s1. The van der Waals surface area contributed by atoms with E-state index in [1.807, 2.05) is 80.4 Å². The van der Waals surface area contributed by atoms with Crippen LogP contribution in [0.3, 0.4) is 0 Å². The van der Waals surface area contributed by atoms with E-state index < -0.39 is 5.72 Å². The zero-order valence-corrected chi connectivity index (χ0v) is 15.1. The fourth-order valence-electron chi connectivity index (χ4n) is 2.99. The van der Waals surface area contributed by atoms with Crippen molar-refractivity contribution in [3.05, 3.63) is 70.2 Å². The lowest BCUT2D eigenvalue weighted by Crippen LogP contribution is -2.44. The molecule has 0 amide bonds. The molecule has 0 bridgehead atoms. The van der Waals surface area contributed by atoms with Crippen LogP contribution in [0.1, 0.15) is 35.9 Å². The lowest BCUT2D eigenvalue weighted by molar-refractivity contribution is -0.0683. The predicted octanol–water partition coefficient (Wildman–Crippen LogP) is 4.44. The van der Waals surface area contributed by atoms with Gasteiger partial charge in [0, 0.05) is 10.0 Å². The Labute approximate surface area is 145 Å². The summed E-state index contributed by atoms with van der Waals surface area (Å²) in [6.07, 6.45) is -0.282. The first kappa shape index (κ1) is 16.4. The smallest absolute Gasteiger partial charge is 0.183 e. The first-order valence-electron chi connectivity index (χ1n) is 7.65. The highest BCUT2D eigenvalue weighted by molar-refractivity contribution is 9.10. The van der Waals surface area contributed by atoms with E-state index >= 15 is 0 Å². The Morgan fingerprint density at radius 2 is 1.70 bits per heavy atom. The van der Waals surface area contributed by atoms with E-state index in [1.54, 1.807) is 0 Å². The molecule has 120 valence electrons. The molecular formula is C19H20BrNO2. The number of carbonyl (C=O) groups excluding carboxylic acids is 1. The number of likely N-dealkylation sites (N-methyl/N-ethyl adjacent to an activating group) is 1. The first-order valence-corrected chi connectivity index (χ1v) is 8.45. The third kappa shape index (κ3) is 3.11. The van der Waals surface area contributed by atoms with E-state index in [4.69, 9.17) is 4.74 Å². The van der Waals surface area contributed by atoms with Gasteiger partial charge in [-0.05, 0) is 38.6 Å². The molecule has 0 unspecified atom stereocenters. The second kappa shape index (κ2) is 6.19. The van der Waals surface area contributed by atoms with Gasteiger partial charge in [-0.2, -0.15) is 0 Å². The van der Waals surface area contributed by atoms with E-state index in [1.165, 1.54) is 0 Å². The van der Waals surface area contributed by atoms with Gasteiger partial charge in [0.25, 0.3) is 0 Å². The quantitative estimate of drug-likeness (QED) is 0.744. The van der Waals surface area contributed by atoms with Gasteiger partial charge in [0.1, 0.15) is 17.9 Å². The molecule has 1 fully saturated rings. The zero-order valence-electron chi connectivity index (χ0n) is 13.5. The van der Waals surface area contributed by atoms with Gasteiger partial charge < -0.3 is 4.74 Å². The van der Waals surface area contributed by atoms with E-state index in [0.29, 0.717) is 5.56 Å². The molecule has 2 aromatic rings. The number of benzene rings is 2. The Bertz CT molecular complexity index is 697. The van der Waals surface area contributed by atoms with E-state index in [0.717, 1.165) is 10.0 Å². The Kier molecular flexibility index (Phi) is 4.41. The lowest BCUT2D eigenvalue weighted by atomic mass is 9.94. The van der Waals surface area contributed by atoms with Crippen molar-refractivity contribution in [2.45, 2.75) is 31.7 Å². The fraction of sp³-hybridized carbons (Fsp3) is 0.316. The highest BCUT2D eigenvalue weighted by atomic mass is 79.9. The molecule has 1 aliphatic heterocycles. The van der Waals surface area contributed by atoms with Gasteiger partial charge in [-0.1, -0.05) is 58.4 Å². The SMILES string of the molecule is CN1[C@@H](C(=O)c2ccccc2)[C@@H](c2ccc(Br)cc2)OC1(C)C. The van der Waals surface area contributed by atoms with Gasteiger partial charge >= 0.3 is 0 Å². The number of halogens is 1. The predicted molar refractivity (Wildman–Crippen MR) is 94.4 cm³/mol. The summed E-state index contributed by atoms with van der Waals surface area (Å²) in [4.78, 5) is 15.1. The summed E-state index contributed by atoms with van der Waals surface area (Å²) in [5, 5.41) is 0. The summed E-state index contributed by atoms with van der Waals surface area (Å²) in [6.45, 7) is 3.99. The second-order valence-corrected chi connectivity index (χ2v) is 7.24. The summed E-state index contributed by atoms with van der Waals surface area (Å²) < 4.78 is 7.24. The molecule has 4 heteroatoms.